The van der Waals surface area contributed by atoms with Crippen LogP contribution in [0.4, 0.5) is 19.0 Å². The summed E-state index contributed by atoms with van der Waals surface area (Å²) in [6, 6.07) is 10.7. The molecule has 0 aliphatic carbocycles. The van der Waals surface area contributed by atoms with E-state index in [0.717, 1.165) is 44.2 Å². The van der Waals surface area contributed by atoms with Crippen molar-refractivity contribution in [1.29, 1.82) is 0 Å². The number of likely N-dealkylation sites (tertiary alicyclic amines) is 1. The van der Waals surface area contributed by atoms with Crippen molar-refractivity contribution in [2.45, 2.75) is 38.4 Å². The number of anilines is 1. The molecular weight excluding hydrogens is 359 g/mol. The summed E-state index contributed by atoms with van der Waals surface area (Å²) in [4.78, 5) is 6.27. The van der Waals surface area contributed by atoms with Gasteiger partial charge in [0.1, 0.15) is 11.6 Å². The summed E-state index contributed by atoms with van der Waals surface area (Å²) in [6.45, 7) is 3.05. The minimum atomic E-state index is -4.72. The van der Waals surface area contributed by atoms with Gasteiger partial charge in [0.05, 0.1) is 12.3 Å². The van der Waals surface area contributed by atoms with Crippen molar-refractivity contribution < 1.29 is 23.0 Å². The molecule has 1 aliphatic heterocycles. The first-order valence-corrected chi connectivity index (χ1v) is 8.82. The van der Waals surface area contributed by atoms with Gasteiger partial charge < -0.3 is 15.2 Å². The van der Waals surface area contributed by atoms with Gasteiger partial charge in [-0.15, -0.1) is 13.2 Å². The van der Waals surface area contributed by atoms with Gasteiger partial charge in [-0.1, -0.05) is 24.3 Å². The van der Waals surface area contributed by atoms with E-state index in [9.17, 15) is 18.3 Å². The Bertz CT molecular complexity index is 730. The molecule has 0 atom stereocenters. The Labute approximate surface area is 155 Å². The van der Waals surface area contributed by atoms with Gasteiger partial charge in [0.2, 0.25) is 0 Å². The highest BCUT2D eigenvalue weighted by Crippen LogP contribution is 2.23. The van der Waals surface area contributed by atoms with Crippen LogP contribution in [0.5, 0.6) is 5.75 Å². The number of halogens is 3. The fourth-order valence-electron chi connectivity index (χ4n) is 3.07. The molecule has 1 fully saturated rings. The Kier molecular flexibility index (Phi) is 6.18. The zero-order chi connectivity index (χ0) is 19.3. The molecule has 2 N–H and O–H groups in total. The van der Waals surface area contributed by atoms with Crippen LogP contribution in [0.1, 0.15) is 24.0 Å². The monoisotopic (exact) mass is 381 g/mol. The summed E-state index contributed by atoms with van der Waals surface area (Å²) in [7, 11) is 0. The number of nitrogens with one attached hydrogen (secondary N) is 1. The molecular formula is C19H22F3N3O2. The smallest absolute Gasteiger partial charge is 0.404 e. The van der Waals surface area contributed by atoms with E-state index in [-0.39, 0.29) is 11.9 Å². The molecule has 0 saturated carbocycles. The number of rotatable bonds is 6. The Balaban J connectivity index is 1.58. The zero-order valence-electron chi connectivity index (χ0n) is 14.7. The molecule has 3 rings (SSSR count). The average molecular weight is 381 g/mol. The van der Waals surface area contributed by atoms with Gasteiger partial charge in [0.15, 0.2) is 0 Å². The van der Waals surface area contributed by atoms with Gasteiger partial charge >= 0.3 is 6.36 Å². The minimum Gasteiger partial charge on any atom is -0.404 e. The van der Waals surface area contributed by atoms with E-state index in [1.54, 1.807) is 0 Å². The lowest BCUT2D eigenvalue weighted by molar-refractivity contribution is -0.274. The maximum absolute atomic E-state index is 12.2. The number of pyridine rings is 1. The van der Waals surface area contributed by atoms with Gasteiger partial charge in [0, 0.05) is 26.2 Å². The molecule has 1 aliphatic rings. The number of alkyl halides is 3. The van der Waals surface area contributed by atoms with Crippen LogP contribution in [0.15, 0.2) is 42.6 Å². The normalized spacial score (nSPS) is 16.3. The molecule has 0 amide bonds. The van der Waals surface area contributed by atoms with Crippen LogP contribution in [0.3, 0.4) is 0 Å². The fourth-order valence-corrected chi connectivity index (χ4v) is 3.07. The SMILES string of the molecule is OC1CCN(Cc2ccccc2CNc2ccc(OC(F)(F)F)cn2)CC1. The number of aromatic nitrogens is 1. The second-order valence-corrected chi connectivity index (χ2v) is 6.56. The van der Waals surface area contributed by atoms with Crippen LogP contribution in [0.25, 0.3) is 0 Å². The molecule has 2 heterocycles. The van der Waals surface area contributed by atoms with Gasteiger partial charge in [0.25, 0.3) is 0 Å². The summed E-state index contributed by atoms with van der Waals surface area (Å²) in [5.74, 6) is 0.126. The topological polar surface area (TPSA) is 57.6 Å². The third kappa shape index (κ3) is 6.11. The molecule has 0 bridgehead atoms. The second kappa shape index (κ2) is 8.58. The Morgan fingerprint density at radius 1 is 1.11 bits per heavy atom. The predicted molar refractivity (Wildman–Crippen MR) is 95.2 cm³/mol. The molecule has 1 aromatic heterocycles. The van der Waals surface area contributed by atoms with Crippen molar-refractivity contribution in [2.24, 2.45) is 0 Å². The van der Waals surface area contributed by atoms with E-state index >= 15 is 0 Å². The molecule has 1 aromatic carbocycles. The van der Waals surface area contributed by atoms with Crippen LogP contribution in [-0.4, -0.2) is 40.5 Å². The van der Waals surface area contributed by atoms with Crippen LogP contribution >= 0.6 is 0 Å². The van der Waals surface area contributed by atoms with Crippen molar-refractivity contribution in [2.75, 3.05) is 18.4 Å². The molecule has 0 radical (unpaired) electrons. The highest BCUT2D eigenvalue weighted by molar-refractivity contribution is 5.39. The van der Waals surface area contributed by atoms with E-state index in [0.29, 0.717) is 12.4 Å². The number of benzene rings is 1. The largest absolute Gasteiger partial charge is 0.573 e. The lowest BCUT2D eigenvalue weighted by atomic mass is 10.0. The molecule has 146 valence electrons. The zero-order valence-corrected chi connectivity index (χ0v) is 14.7. The maximum Gasteiger partial charge on any atom is 0.573 e. The summed E-state index contributed by atoms with van der Waals surface area (Å²) >= 11 is 0. The standard InChI is InChI=1S/C19H22F3N3O2/c20-19(21,22)27-17-5-6-18(24-12-17)23-11-14-3-1-2-4-15(14)13-25-9-7-16(26)8-10-25/h1-6,12,16,26H,7-11,13H2,(H,23,24). The third-order valence-electron chi connectivity index (χ3n) is 4.50. The number of hydrogen-bond donors (Lipinski definition) is 2. The molecule has 1 saturated heterocycles. The van der Waals surface area contributed by atoms with Crippen LogP contribution in [0, 0.1) is 0 Å². The molecule has 5 nitrogen and oxygen atoms in total. The highest BCUT2D eigenvalue weighted by atomic mass is 19.4. The van der Waals surface area contributed by atoms with E-state index < -0.39 is 6.36 Å². The molecule has 0 unspecified atom stereocenters. The van der Waals surface area contributed by atoms with Gasteiger partial charge in [-0.25, -0.2) is 4.98 Å². The minimum absolute atomic E-state index is 0.200. The molecule has 27 heavy (non-hydrogen) atoms. The predicted octanol–water partition coefficient (Wildman–Crippen LogP) is 3.55. The van der Waals surface area contributed by atoms with Crippen molar-refractivity contribution in [1.82, 2.24) is 9.88 Å². The first-order chi connectivity index (χ1) is 12.9. The summed E-state index contributed by atoms with van der Waals surface area (Å²) < 4.78 is 40.4. The average Bonchev–Trinajstić information content (AvgIpc) is 2.63. The van der Waals surface area contributed by atoms with Gasteiger partial charge in [-0.2, -0.15) is 0 Å². The van der Waals surface area contributed by atoms with Crippen molar-refractivity contribution in [3.63, 3.8) is 0 Å². The molecule has 8 heteroatoms. The third-order valence-corrected chi connectivity index (χ3v) is 4.50. The number of hydrogen-bond acceptors (Lipinski definition) is 5. The quantitative estimate of drug-likeness (QED) is 0.802. The van der Waals surface area contributed by atoms with E-state index in [4.69, 9.17) is 0 Å². The Morgan fingerprint density at radius 2 is 1.81 bits per heavy atom. The van der Waals surface area contributed by atoms with Gasteiger partial charge in [-0.05, 0) is 36.1 Å². The summed E-state index contributed by atoms with van der Waals surface area (Å²) in [5, 5.41) is 12.8. The number of nitrogens with zero attached hydrogens (tertiary/aromatic N) is 2. The number of aliphatic hydroxyl groups excluding tert-OH is 1. The van der Waals surface area contributed by atoms with Crippen LogP contribution in [-0.2, 0) is 13.1 Å². The Hall–Kier alpha value is -2.32. The van der Waals surface area contributed by atoms with Crippen molar-refractivity contribution in [3.05, 3.63) is 53.7 Å². The van der Waals surface area contributed by atoms with Crippen molar-refractivity contribution in [3.8, 4) is 5.75 Å². The van der Waals surface area contributed by atoms with Crippen LogP contribution < -0.4 is 10.1 Å². The number of ether oxygens (including phenoxy) is 1. The maximum atomic E-state index is 12.2. The summed E-state index contributed by atoms with van der Waals surface area (Å²) in [6.07, 6.45) is -2.30. The van der Waals surface area contributed by atoms with Gasteiger partial charge in [-0.3, -0.25) is 4.90 Å². The van der Waals surface area contributed by atoms with Crippen molar-refractivity contribution >= 4 is 5.82 Å². The lowest BCUT2D eigenvalue weighted by Gasteiger charge is -2.30. The van der Waals surface area contributed by atoms with E-state index in [1.165, 1.54) is 17.7 Å². The highest BCUT2D eigenvalue weighted by Gasteiger charge is 2.31. The van der Waals surface area contributed by atoms with E-state index in [1.807, 2.05) is 18.2 Å². The lowest BCUT2D eigenvalue weighted by Crippen LogP contribution is -2.35. The number of piperidine rings is 1. The first-order valence-electron chi connectivity index (χ1n) is 8.82. The Morgan fingerprint density at radius 3 is 2.44 bits per heavy atom. The number of aliphatic hydroxyl groups is 1. The first kappa shape index (κ1) is 19.4. The molecule has 0 spiro atoms. The van der Waals surface area contributed by atoms with E-state index in [2.05, 4.69) is 26.0 Å². The van der Waals surface area contributed by atoms with Crippen LogP contribution in [0.2, 0.25) is 0 Å². The fraction of sp³-hybridized carbons (Fsp3) is 0.421. The second-order valence-electron chi connectivity index (χ2n) is 6.56. The molecule has 2 aromatic rings. The summed E-state index contributed by atoms with van der Waals surface area (Å²) in [5.41, 5.74) is 2.28.